The molecule has 1 unspecified atom stereocenters. The summed E-state index contributed by atoms with van der Waals surface area (Å²) in [5, 5.41) is 3.74. The summed E-state index contributed by atoms with van der Waals surface area (Å²) in [6.07, 6.45) is 0. The topological polar surface area (TPSA) is 38.7 Å². The van der Waals surface area contributed by atoms with Crippen molar-refractivity contribution in [3.05, 3.63) is 0 Å². The van der Waals surface area contributed by atoms with Crippen molar-refractivity contribution < 1.29 is 9.63 Å². The molecule has 11 heavy (non-hydrogen) atoms. The van der Waals surface area contributed by atoms with Gasteiger partial charge in [0.2, 0.25) is 0 Å². The lowest BCUT2D eigenvalue weighted by Crippen LogP contribution is -2.27. The maximum Gasteiger partial charge on any atom is 0.343 e. The summed E-state index contributed by atoms with van der Waals surface area (Å²) in [7, 11) is 0. The van der Waals surface area contributed by atoms with Gasteiger partial charge in [0, 0.05) is 5.41 Å². The van der Waals surface area contributed by atoms with Crippen LogP contribution in [0.4, 0.5) is 0 Å². The van der Waals surface area contributed by atoms with E-state index in [0.29, 0.717) is 0 Å². The fraction of sp³-hybridized carbons (Fsp3) is 0.750. The number of nitrogens with zero attached hydrogens (tertiary/aromatic N) is 1. The Morgan fingerprint density at radius 1 is 1.45 bits per heavy atom. The van der Waals surface area contributed by atoms with Crippen LogP contribution < -0.4 is 0 Å². The van der Waals surface area contributed by atoms with Gasteiger partial charge in [0.25, 0.3) is 0 Å². The highest BCUT2D eigenvalue weighted by atomic mass is 16.7. The van der Waals surface area contributed by atoms with Crippen molar-refractivity contribution in [2.24, 2.45) is 16.5 Å². The molecule has 0 radical (unpaired) electrons. The van der Waals surface area contributed by atoms with Gasteiger partial charge in [0.05, 0.1) is 11.6 Å². The van der Waals surface area contributed by atoms with Gasteiger partial charge in [-0.25, -0.2) is 4.79 Å². The minimum Gasteiger partial charge on any atom is -0.318 e. The van der Waals surface area contributed by atoms with E-state index < -0.39 is 0 Å². The highest BCUT2D eigenvalue weighted by Gasteiger charge is 2.35. The molecule has 0 bridgehead atoms. The Balaban J connectivity index is 2.84. The van der Waals surface area contributed by atoms with E-state index in [-0.39, 0.29) is 17.3 Å². The second kappa shape index (κ2) is 2.32. The standard InChI is InChI=1S/C8H13NO2/c1-5-6(8(2,3)4)9-11-7(5)10/h5H,1-4H3. The minimum absolute atomic E-state index is 0.0639. The van der Waals surface area contributed by atoms with Gasteiger partial charge >= 0.3 is 5.97 Å². The molecule has 0 aliphatic carbocycles. The third-order valence-electron chi connectivity index (χ3n) is 1.77. The molecule has 62 valence electrons. The van der Waals surface area contributed by atoms with Gasteiger partial charge < -0.3 is 4.84 Å². The Labute approximate surface area is 66.4 Å². The van der Waals surface area contributed by atoms with Crippen molar-refractivity contribution in [3.8, 4) is 0 Å². The number of rotatable bonds is 0. The van der Waals surface area contributed by atoms with Crippen molar-refractivity contribution in [2.75, 3.05) is 0 Å². The lowest BCUT2D eigenvalue weighted by molar-refractivity contribution is -0.142. The smallest absolute Gasteiger partial charge is 0.318 e. The molecule has 0 amide bonds. The average molecular weight is 155 g/mol. The van der Waals surface area contributed by atoms with Crippen LogP contribution in [0, 0.1) is 11.3 Å². The Kier molecular flexibility index (Phi) is 1.74. The molecule has 0 aromatic carbocycles. The number of carbonyl (C=O) groups excluding carboxylic acids is 1. The molecule has 1 aliphatic heterocycles. The number of hydrogen-bond acceptors (Lipinski definition) is 3. The minimum atomic E-state index is -0.241. The zero-order chi connectivity index (χ0) is 8.65. The number of oxime groups is 1. The van der Waals surface area contributed by atoms with Crippen LogP contribution in [0.1, 0.15) is 27.7 Å². The molecule has 0 fully saturated rings. The summed E-state index contributed by atoms with van der Waals surface area (Å²) in [6, 6.07) is 0. The first-order chi connectivity index (χ1) is 4.93. The normalized spacial score (nSPS) is 24.9. The zero-order valence-corrected chi connectivity index (χ0v) is 7.34. The van der Waals surface area contributed by atoms with Crippen LogP contribution in [0.15, 0.2) is 5.16 Å². The van der Waals surface area contributed by atoms with Gasteiger partial charge in [0.1, 0.15) is 0 Å². The van der Waals surface area contributed by atoms with E-state index in [4.69, 9.17) is 0 Å². The lowest BCUT2D eigenvalue weighted by Gasteiger charge is -2.18. The maximum atomic E-state index is 10.9. The van der Waals surface area contributed by atoms with E-state index in [0.717, 1.165) is 5.71 Å². The third kappa shape index (κ3) is 1.42. The number of hydrogen-bond donors (Lipinski definition) is 0. The van der Waals surface area contributed by atoms with E-state index in [1.807, 2.05) is 27.7 Å². The lowest BCUT2D eigenvalue weighted by atomic mass is 9.83. The summed E-state index contributed by atoms with van der Waals surface area (Å²) < 4.78 is 0. The second-order valence-corrected chi connectivity index (χ2v) is 3.86. The summed E-state index contributed by atoms with van der Waals surface area (Å²) >= 11 is 0. The van der Waals surface area contributed by atoms with Crippen LogP contribution in [0.25, 0.3) is 0 Å². The van der Waals surface area contributed by atoms with Gasteiger partial charge in [-0.05, 0) is 6.92 Å². The maximum absolute atomic E-state index is 10.9. The Morgan fingerprint density at radius 3 is 2.18 bits per heavy atom. The van der Waals surface area contributed by atoms with E-state index in [1.54, 1.807) is 0 Å². The van der Waals surface area contributed by atoms with E-state index in [9.17, 15) is 4.79 Å². The summed E-state index contributed by atoms with van der Waals surface area (Å²) in [5.41, 5.74) is 0.772. The SMILES string of the molecule is CC1C(=O)ON=C1C(C)(C)C. The van der Waals surface area contributed by atoms with Gasteiger partial charge in [-0.1, -0.05) is 25.9 Å². The molecule has 1 aliphatic rings. The molecule has 1 atom stereocenters. The quantitative estimate of drug-likeness (QED) is 0.498. The molecule has 0 saturated carbocycles. The van der Waals surface area contributed by atoms with Crippen molar-refractivity contribution in [2.45, 2.75) is 27.7 Å². The Bertz CT molecular complexity index is 213. The van der Waals surface area contributed by atoms with Crippen LogP contribution >= 0.6 is 0 Å². The van der Waals surface area contributed by atoms with Crippen LogP contribution in [-0.2, 0) is 9.63 Å². The molecular formula is C8H13NO2. The molecule has 3 heteroatoms. The molecular weight excluding hydrogens is 142 g/mol. The molecule has 0 spiro atoms. The monoisotopic (exact) mass is 155 g/mol. The highest BCUT2D eigenvalue weighted by molar-refractivity contribution is 6.06. The molecule has 0 saturated heterocycles. The molecule has 1 heterocycles. The average Bonchev–Trinajstić information content (AvgIpc) is 2.11. The first-order valence-corrected chi connectivity index (χ1v) is 3.72. The summed E-state index contributed by atoms with van der Waals surface area (Å²) in [5.74, 6) is -0.412. The largest absolute Gasteiger partial charge is 0.343 e. The molecule has 3 nitrogen and oxygen atoms in total. The van der Waals surface area contributed by atoms with Gasteiger partial charge in [0.15, 0.2) is 0 Å². The van der Waals surface area contributed by atoms with Crippen LogP contribution in [0.3, 0.4) is 0 Å². The summed E-state index contributed by atoms with van der Waals surface area (Å²) in [4.78, 5) is 15.4. The molecule has 1 rings (SSSR count). The Morgan fingerprint density at radius 2 is 2.00 bits per heavy atom. The third-order valence-corrected chi connectivity index (χ3v) is 1.77. The highest BCUT2D eigenvalue weighted by Crippen LogP contribution is 2.26. The predicted molar refractivity (Wildman–Crippen MR) is 42.1 cm³/mol. The Hall–Kier alpha value is -0.860. The molecule has 0 N–H and O–H groups in total. The van der Waals surface area contributed by atoms with E-state index in [2.05, 4.69) is 9.99 Å². The van der Waals surface area contributed by atoms with E-state index in [1.165, 1.54) is 0 Å². The van der Waals surface area contributed by atoms with Crippen LogP contribution in [0.2, 0.25) is 0 Å². The first kappa shape index (κ1) is 8.24. The zero-order valence-electron chi connectivity index (χ0n) is 7.34. The van der Waals surface area contributed by atoms with Crippen molar-refractivity contribution in [1.29, 1.82) is 0 Å². The van der Waals surface area contributed by atoms with Crippen molar-refractivity contribution >= 4 is 11.7 Å². The van der Waals surface area contributed by atoms with E-state index >= 15 is 0 Å². The first-order valence-electron chi connectivity index (χ1n) is 3.72. The van der Waals surface area contributed by atoms with Gasteiger partial charge in [-0.2, -0.15) is 0 Å². The molecule has 0 aromatic heterocycles. The van der Waals surface area contributed by atoms with Crippen LogP contribution in [-0.4, -0.2) is 11.7 Å². The fourth-order valence-electron chi connectivity index (χ4n) is 1.15. The summed E-state index contributed by atoms with van der Waals surface area (Å²) in [6.45, 7) is 7.87. The van der Waals surface area contributed by atoms with Crippen molar-refractivity contribution in [3.63, 3.8) is 0 Å². The number of carbonyl (C=O) groups is 1. The van der Waals surface area contributed by atoms with Gasteiger partial charge in [-0.15, -0.1) is 0 Å². The second-order valence-electron chi connectivity index (χ2n) is 3.86. The fourth-order valence-corrected chi connectivity index (χ4v) is 1.15. The van der Waals surface area contributed by atoms with Crippen LogP contribution in [0.5, 0.6) is 0 Å². The van der Waals surface area contributed by atoms with Gasteiger partial charge in [-0.3, -0.25) is 0 Å². The molecule has 0 aromatic rings. The predicted octanol–water partition coefficient (Wildman–Crippen LogP) is 1.58. The van der Waals surface area contributed by atoms with Crippen molar-refractivity contribution in [1.82, 2.24) is 0 Å².